The summed E-state index contributed by atoms with van der Waals surface area (Å²) >= 11 is 0. The van der Waals surface area contributed by atoms with E-state index in [2.05, 4.69) is 10.1 Å². The molecule has 1 aromatic carbocycles. The van der Waals surface area contributed by atoms with E-state index in [1.807, 2.05) is 44.2 Å². The van der Waals surface area contributed by atoms with E-state index in [4.69, 9.17) is 0 Å². The van der Waals surface area contributed by atoms with Gasteiger partial charge in [-0.25, -0.2) is 4.79 Å². The lowest BCUT2D eigenvalue weighted by Crippen LogP contribution is -2.30. The highest BCUT2D eigenvalue weighted by Crippen LogP contribution is 2.19. The Kier molecular flexibility index (Phi) is 5.36. The molecule has 0 saturated carbocycles. The van der Waals surface area contributed by atoms with Crippen LogP contribution in [0.1, 0.15) is 31.9 Å². The molecule has 0 aromatic heterocycles. The Morgan fingerprint density at radius 3 is 2.33 bits per heavy atom. The van der Waals surface area contributed by atoms with Gasteiger partial charge in [0.25, 0.3) is 0 Å². The molecule has 1 N–H and O–H groups in total. The molecule has 0 bridgehead atoms. The summed E-state index contributed by atoms with van der Waals surface area (Å²) in [5.41, 5.74) is 0.900. The molecule has 4 nitrogen and oxygen atoms in total. The van der Waals surface area contributed by atoms with Crippen molar-refractivity contribution in [1.82, 2.24) is 5.32 Å². The van der Waals surface area contributed by atoms with Crippen LogP contribution in [0, 0.1) is 5.92 Å². The van der Waals surface area contributed by atoms with Crippen LogP contribution in [0.2, 0.25) is 0 Å². The average molecular weight is 249 g/mol. The van der Waals surface area contributed by atoms with Gasteiger partial charge in [0.15, 0.2) is 0 Å². The van der Waals surface area contributed by atoms with E-state index in [0.29, 0.717) is 0 Å². The topological polar surface area (TPSA) is 55.4 Å². The summed E-state index contributed by atoms with van der Waals surface area (Å²) in [6, 6.07) is 9.07. The number of benzene rings is 1. The van der Waals surface area contributed by atoms with Gasteiger partial charge in [-0.2, -0.15) is 0 Å². The van der Waals surface area contributed by atoms with Gasteiger partial charge in [-0.3, -0.25) is 4.79 Å². The molecule has 18 heavy (non-hydrogen) atoms. The maximum atomic E-state index is 11.8. The van der Waals surface area contributed by atoms with Crippen molar-refractivity contribution >= 4 is 11.9 Å². The summed E-state index contributed by atoms with van der Waals surface area (Å²) in [7, 11) is 1.31. The van der Waals surface area contributed by atoms with Gasteiger partial charge in [-0.05, 0) is 5.56 Å². The summed E-state index contributed by atoms with van der Waals surface area (Å²) < 4.78 is 4.58. The Hall–Kier alpha value is -1.84. The lowest BCUT2D eigenvalue weighted by Gasteiger charge is -2.18. The Labute approximate surface area is 107 Å². The lowest BCUT2D eigenvalue weighted by atomic mass is 9.96. The number of carbonyl (C=O) groups excluding carboxylic acids is 2. The van der Waals surface area contributed by atoms with E-state index in [9.17, 15) is 9.59 Å². The summed E-state index contributed by atoms with van der Waals surface area (Å²) in [6.45, 7) is 3.70. The van der Waals surface area contributed by atoms with Crippen LogP contribution in [0.15, 0.2) is 30.3 Å². The number of ketones is 1. The van der Waals surface area contributed by atoms with Gasteiger partial charge in [0, 0.05) is 12.3 Å². The quantitative estimate of drug-likeness (QED) is 0.872. The van der Waals surface area contributed by atoms with Gasteiger partial charge in [0.2, 0.25) is 0 Å². The fraction of sp³-hybridized carbons (Fsp3) is 0.429. The first-order valence-corrected chi connectivity index (χ1v) is 5.96. The van der Waals surface area contributed by atoms with Crippen molar-refractivity contribution < 1.29 is 14.3 Å². The molecule has 0 saturated heterocycles. The molecule has 0 aliphatic rings. The van der Waals surface area contributed by atoms with Crippen molar-refractivity contribution in [2.75, 3.05) is 7.11 Å². The lowest BCUT2D eigenvalue weighted by molar-refractivity contribution is -0.122. The predicted molar refractivity (Wildman–Crippen MR) is 69.2 cm³/mol. The molecule has 0 aliphatic heterocycles. The largest absolute Gasteiger partial charge is 0.453 e. The predicted octanol–water partition coefficient (Wildman–Crippen LogP) is 2.70. The fourth-order valence-electron chi connectivity index (χ4n) is 1.58. The van der Waals surface area contributed by atoms with Crippen molar-refractivity contribution in [1.29, 1.82) is 0 Å². The molecule has 0 radical (unpaired) electrons. The number of amides is 1. The Morgan fingerprint density at radius 1 is 1.22 bits per heavy atom. The van der Waals surface area contributed by atoms with Crippen LogP contribution < -0.4 is 5.32 Å². The van der Waals surface area contributed by atoms with Crippen LogP contribution >= 0.6 is 0 Å². The molecule has 0 heterocycles. The first kappa shape index (κ1) is 14.2. The van der Waals surface area contributed by atoms with Gasteiger partial charge < -0.3 is 10.1 Å². The van der Waals surface area contributed by atoms with Gasteiger partial charge in [-0.1, -0.05) is 44.2 Å². The minimum Gasteiger partial charge on any atom is -0.453 e. The average Bonchev–Trinajstić information content (AvgIpc) is 2.38. The van der Waals surface area contributed by atoms with Crippen LogP contribution in [0.3, 0.4) is 0 Å². The summed E-state index contributed by atoms with van der Waals surface area (Å²) in [5.74, 6) is 0.0657. The number of rotatable bonds is 5. The van der Waals surface area contributed by atoms with Gasteiger partial charge in [-0.15, -0.1) is 0 Å². The highest BCUT2D eigenvalue weighted by Gasteiger charge is 2.19. The molecule has 1 amide bonds. The maximum Gasteiger partial charge on any atom is 0.407 e. The third-order valence-corrected chi connectivity index (χ3v) is 2.73. The highest BCUT2D eigenvalue weighted by atomic mass is 16.5. The first-order valence-electron chi connectivity index (χ1n) is 5.96. The van der Waals surface area contributed by atoms with Gasteiger partial charge >= 0.3 is 6.09 Å². The molecule has 1 aromatic rings. The molecule has 4 heteroatoms. The zero-order chi connectivity index (χ0) is 13.5. The monoisotopic (exact) mass is 249 g/mol. The molecule has 1 rings (SSSR count). The third kappa shape index (κ3) is 4.20. The number of ether oxygens (including phenoxy) is 1. The zero-order valence-corrected chi connectivity index (χ0v) is 11.0. The van der Waals surface area contributed by atoms with Crippen molar-refractivity contribution in [3.8, 4) is 0 Å². The number of methoxy groups -OCH3 is 1. The molecule has 98 valence electrons. The van der Waals surface area contributed by atoms with Crippen LogP contribution in [-0.2, 0) is 9.53 Å². The number of hydrogen-bond acceptors (Lipinski definition) is 3. The zero-order valence-electron chi connectivity index (χ0n) is 11.0. The molecule has 1 atom stereocenters. The Morgan fingerprint density at radius 2 is 1.83 bits per heavy atom. The number of nitrogens with one attached hydrogen (secondary N) is 1. The number of alkyl carbamates (subject to hydrolysis) is 1. The van der Waals surface area contributed by atoms with E-state index in [1.165, 1.54) is 7.11 Å². The van der Waals surface area contributed by atoms with Crippen LogP contribution in [-0.4, -0.2) is 19.0 Å². The molecule has 0 spiro atoms. The van der Waals surface area contributed by atoms with E-state index in [-0.39, 0.29) is 24.2 Å². The second-order valence-corrected chi connectivity index (χ2v) is 4.42. The first-order chi connectivity index (χ1) is 8.54. The highest BCUT2D eigenvalue weighted by molar-refractivity contribution is 5.81. The molecular formula is C14H19NO3. The number of carbonyl (C=O) groups is 2. The minimum absolute atomic E-state index is 0.0457. The van der Waals surface area contributed by atoms with Crippen molar-refractivity contribution in [2.45, 2.75) is 26.3 Å². The Bertz CT molecular complexity index is 401. The van der Waals surface area contributed by atoms with E-state index < -0.39 is 6.09 Å². The van der Waals surface area contributed by atoms with E-state index in [0.717, 1.165) is 5.56 Å². The summed E-state index contributed by atoms with van der Waals surface area (Å²) in [4.78, 5) is 23.1. The summed E-state index contributed by atoms with van der Waals surface area (Å²) in [6.07, 6.45) is -0.253. The molecule has 0 fully saturated rings. The standard InChI is InChI=1S/C14H19NO3/c1-10(2)13(16)9-12(15-14(17)18-3)11-7-5-4-6-8-11/h4-8,10,12H,9H2,1-3H3,(H,15,17)/t12-/m0/s1. The van der Waals surface area contributed by atoms with E-state index >= 15 is 0 Å². The van der Waals surface area contributed by atoms with Crippen molar-refractivity contribution in [3.05, 3.63) is 35.9 Å². The SMILES string of the molecule is COC(=O)N[C@@H](CC(=O)C(C)C)c1ccccc1. The van der Waals surface area contributed by atoms with Crippen molar-refractivity contribution in [3.63, 3.8) is 0 Å². The van der Waals surface area contributed by atoms with E-state index in [1.54, 1.807) is 0 Å². The fourth-order valence-corrected chi connectivity index (χ4v) is 1.58. The van der Waals surface area contributed by atoms with Crippen LogP contribution in [0.5, 0.6) is 0 Å². The molecule has 0 aliphatic carbocycles. The second-order valence-electron chi connectivity index (χ2n) is 4.42. The summed E-state index contributed by atoms with van der Waals surface area (Å²) in [5, 5.41) is 2.69. The van der Waals surface area contributed by atoms with Crippen LogP contribution in [0.25, 0.3) is 0 Å². The van der Waals surface area contributed by atoms with Gasteiger partial charge in [0.05, 0.1) is 13.2 Å². The van der Waals surface area contributed by atoms with Crippen molar-refractivity contribution in [2.24, 2.45) is 5.92 Å². The van der Waals surface area contributed by atoms with Crippen LogP contribution in [0.4, 0.5) is 4.79 Å². The van der Waals surface area contributed by atoms with Gasteiger partial charge in [0.1, 0.15) is 5.78 Å². The number of hydrogen-bond donors (Lipinski definition) is 1. The third-order valence-electron chi connectivity index (χ3n) is 2.73. The Balaban J connectivity index is 2.82. The smallest absolute Gasteiger partial charge is 0.407 e. The molecular weight excluding hydrogens is 230 g/mol. The molecule has 0 unspecified atom stereocenters. The minimum atomic E-state index is -0.527. The maximum absolute atomic E-state index is 11.8. The number of Topliss-reactive ketones (excluding diaryl/α,β-unsaturated/α-hetero) is 1. The second kappa shape index (κ2) is 6.79. The normalized spacial score (nSPS) is 12.0.